The maximum atomic E-state index is 12.6. The summed E-state index contributed by atoms with van der Waals surface area (Å²) in [6, 6.07) is 12.5. The average molecular weight is 404 g/mol. The Morgan fingerprint density at radius 2 is 2.11 bits per heavy atom. The van der Waals surface area contributed by atoms with Crippen molar-refractivity contribution in [1.82, 2.24) is 14.6 Å². The molecule has 150 valence electrons. The van der Waals surface area contributed by atoms with Gasteiger partial charge in [-0.1, -0.05) is 24.6 Å². The zero-order valence-corrected chi connectivity index (χ0v) is 16.7. The zero-order valence-electron chi connectivity index (χ0n) is 15.9. The number of amides is 1. The van der Waals surface area contributed by atoms with Gasteiger partial charge in [-0.3, -0.25) is 9.78 Å². The first-order valence-corrected chi connectivity index (χ1v) is 11.1. The van der Waals surface area contributed by atoms with Gasteiger partial charge in [0.15, 0.2) is 0 Å². The first-order valence-electron chi connectivity index (χ1n) is 9.29. The minimum Gasteiger partial charge on any atom is -0.487 e. The van der Waals surface area contributed by atoms with Crippen LogP contribution in [0.4, 0.5) is 0 Å². The Morgan fingerprint density at radius 3 is 2.86 bits per heavy atom. The van der Waals surface area contributed by atoms with Crippen LogP contribution in [0.3, 0.4) is 0 Å². The van der Waals surface area contributed by atoms with Gasteiger partial charge in [-0.05, 0) is 42.7 Å². The number of aromatic nitrogens is 1. The second-order valence-electron chi connectivity index (χ2n) is 6.86. The highest BCUT2D eigenvalue weighted by Gasteiger charge is 2.34. The number of carbonyl (C=O) groups excluding carboxylic acids is 1. The number of nitrogens with one attached hydrogen (secondary N) is 1. The number of ether oxygens (including phenoxy) is 1. The lowest BCUT2D eigenvalue weighted by molar-refractivity contribution is -0.125. The largest absolute Gasteiger partial charge is 0.487 e. The molecule has 3 rings (SSSR count). The zero-order chi connectivity index (χ0) is 20.0. The summed E-state index contributed by atoms with van der Waals surface area (Å²) in [5, 5.41) is 2.86. The topological polar surface area (TPSA) is 88.6 Å². The van der Waals surface area contributed by atoms with E-state index in [9.17, 15) is 13.2 Å². The molecule has 28 heavy (non-hydrogen) atoms. The molecule has 2 aromatic rings. The first kappa shape index (κ1) is 20.3. The van der Waals surface area contributed by atoms with Gasteiger partial charge in [-0.15, -0.1) is 0 Å². The molecule has 8 heteroatoms. The summed E-state index contributed by atoms with van der Waals surface area (Å²) >= 11 is 0. The number of pyridine rings is 1. The standard InChI is InChI=1S/C20H25N3O4S/c1-28(25,26)23-12-5-3-10-19(23)20(24)22-14-16-7-6-9-18(13-16)27-15-17-8-2-4-11-21-17/h2,4,6-9,11,13,19H,3,5,10,12,14-15H2,1H3,(H,22,24). The van der Waals surface area contributed by atoms with Gasteiger partial charge in [-0.25, -0.2) is 8.42 Å². The predicted octanol–water partition coefficient (Wildman–Crippen LogP) is 2.09. The molecule has 0 saturated carbocycles. The van der Waals surface area contributed by atoms with Crippen molar-refractivity contribution in [1.29, 1.82) is 0 Å². The van der Waals surface area contributed by atoms with Crippen molar-refractivity contribution in [3.05, 3.63) is 59.9 Å². The number of nitrogens with zero attached hydrogens (tertiary/aromatic N) is 2. The quantitative estimate of drug-likeness (QED) is 0.765. The maximum Gasteiger partial charge on any atom is 0.238 e. The fourth-order valence-electron chi connectivity index (χ4n) is 3.26. The molecule has 1 atom stereocenters. The molecule has 0 bridgehead atoms. The predicted molar refractivity (Wildman–Crippen MR) is 106 cm³/mol. The van der Waals surface area contributed by atoms with Crippen molar-refractivity contribution in [2.24, 2.45) is 0 Å². The Kier molecular flexibility index (Phi) is 6.64. The van der Waals surface area contributed by atoms with E-state index < -0.39 is 16.1 Å². The number of piperidine rings is 1. The average Bonchev–Trinajstić information content (AvgIpc) is 2.71. The molecule has 1 aromatic carbocycles. The fraction of sp³-hybridized carbons (Fsp3) is 0.400. The number of rotatable bonds is 7. The van der Waals surface area contributed by atoms with E-state index in [0.717, 1.165) is 30.4 Å². The van der Waals surface area contributed by atoms with E-state index in [1.165, 1.54) is 4.31 Å². The van der Waals surface area contributed by atoms with Crippen LogP contribution >= 0.6 is 0 Å². The second-order valence-corrected chi connectivity index (χ2v) is 8.80. The fourth-order valence-corrected chi connectivity index (χ4v) is 4.38. The van der Waals surface area contributed by atoms with Gasteiger partial charge in [-0.2, -0.15) is 4.31 Å². The van der Waals surface area contributed by atoms with Crippen molar-refractivity contribution < 1.29 is 17.9 Å². The first-order chi connectivity index (χ1) is 13.4. The Balaban J connectivity index is 1.57. The van der Waals surface area contributed by atoms with Crippen LogP contribution in [0.1, 0.15) is 30.5 Å². The summed E-state index contributed by atoms with van der Waals surface area (Å²) in [6.07, 6.45) is 5.05. The van der Waals surface area contributed by atoms with Crippen LogP contribution in [0.25, 0.3) is 0 Å². The number of hydrogen-bond acceptors (Lipinski definition) is 5. The molecule has 7 nitrogen and oxygen atoms in total. The van der Waals surface area contributed by atoms with Gasteiger partial charge < -0.3 is 10.1 Å². The molecule has 2 heterocycles. The van der Waals surface area contributed by atoms with Crippen molar-refractivity contribution in [2.75, 3.05) is 12.8 Å². The van der Waals surface area contributed by atoms with E-state index in [4.69, 9.17) is 4.74 Å². The summed E-state index contributed by atoms with van der Waals surface area (Å²) in [4.78, 5) is 16.8. The summed E-state index contributed by atoms with van der Waals surface area (Å²) in [5.41, 5.74) is 1.72. The van der Waals surface area contributed by atoms with Gasteiger partial charge in [0, 0.05) is 19.3 Å². The van der Waals surface area contributed by atoms with E-state index in [2.05, 4.69) is 10.3 Å². The smallest absolute Gasteiger partial charge is 0.238 e. The van der Waals surface area contributed by atoms with E-state index in [1.807, 2.05) is 42.5 Å². The van der Waals surface area contributed by atoms with Crippen LogP contribution in [0.2, 0.25) is 0 Å². The van der Waals surface area contributed by atoms with Crippen LogP contribution < -0.4 is 10.1 Å². The molecule has 1 aliphatic heterocycles. The summed E-state index contributed by atoms with van der Waals surface area (Å²) in [7, 11) is -3.40. The summed E-state index contributed by atoms with van der Waals surface area (Å²) < 4.78 is 30.9. The molecule has 1 aliphatic rings. The minimum absolute atomic E-state index is 0.259. The minimum atomic E-state index is -3.40. The summed E-state index contributed by atoms with van der Waals surface area (Å²) in [6.45, 7) is 1.07. The van der Waals surface area contributed by atoms with Crippen molar-refractivity contribution in [3.8, 4) is 5.75 Å². The molecule has 1 unspecified atom stereocenters. The molecule has 1 saturated heterocycles. The third-order valence-electron chi connectivity index (χ3n) is 4.66. The van der Waals surface area contributed by atoms with Crippen molar-refractivity contribution >= 4 is 15.9 Å². The molecule has 0 radical (unpaired) electrons. The third-order valence-corrected chi connectivity index (χ3v) is 5.95. The highest BCUT2D eigenvalue weighted by molar-refractivity contribution is 7.88. The number of carbonyl (C=O) groups is 1. The van der Waals surface area contributed by atoms with E-state index in [1.54, 1.807) is 6.20 Å². The van der Waals surface area contributed by atoms with Crippen LogP contribution in [0, 0.1) is 0 Å². The Bertz CT molecular complexity index is 903. The molecular formula is C20H25N3O4S. The number of sulfonamides is 1. The molecule has 1 N–H and O–H groups in total. The van der Waals surface area contributed by atoms with Crippen LogP contribution in [-0.2, 0) is 28.0 Å². The molecule has 0 spiro atoms. The molecule has 0 aliphatic carbocycles. The monoisotopic (exact) mass is 403 g/mol. The third kappa shape index (κ3) is 5.53. The SMILES string of the molecule is CS(=O)(=O)N1CCCCC1C(=O)NCc1cccc(OCc2ccccn2)c1. The van der Waals surface area contributed by atoms with Gasteiger partial charge in [0.25, 0.3) is 0 Å². The lowest BCUT2D eigenvalue weighted by Gasteiger charge is -2.32. The summed E-state index contributed by atoms with van der Waals surface area (Å²) in [5.74, 6) is 0.428. The highest BCUT2D eigenvalue weighted by Crippen LogP contribution is 2.20. The molecule has 1 aromatic heterocycles. The van der Waals surface area contributed by atoms with Gasteiger partial charge in [0.2, 0.25) is 15.9 Å². The van der Waals surface area contributed by atoms with Gasteiger partial charge in [0.05, 0.1) is 11.9 Å². The van der Waals surface area contributed by atoms with Gasteiger partial charge in [0.1, 0.15) is 18.4 Å². The van der Waals surface area contributed by atoms with Crippen molar-refractivity contribution in [2.45, 2.75) is 38.5 Å². The maximum absolute atomic E-state index is 12.6. The molecular weight excluding hydrogens is 378 g/mol. The lowest BCUT2D eigenvalue weighted by atomic mass is 10.0. The van der Waals surface area contributed by atoms with E-state index >= 15 is 0 Å². The van der Waals surface area contributed by atoms with Crippen LogP contribution in [0.15, 0.2) is 48.7 Å². The Morgan fingerprint density at radius 1 is 1.25 bits per heavy atom. The van der Waals surface area contributed by atoms with E-state index in [0.29, 0.717) is 31.9 Å². The molecule has 1 fully saturated rings. The normalized spacial score (nSPS) is 17.8. The number of benzene rings is 1. The van der Waals surface area contributed by atoms with Crippen molar-refractivity contribution in [3.63, 3.8) is 0 Å². The van der Waals surface area contributed by atoms with Crippen LogP contribution in [-0.4, -0.2) is 42.5 Å². The lowest BCUT2D eigenvalue weighted by Crippen LogP contribution is -2.51. The number of hydrogen-bond donors (Lipinski definition) is 1. The van der Waals surface area contributed by atoms with E-state index in [-0.39, 0.29) is 5.91 Å². The second kappa shape index (κ2) is 9.16. The Labute approximate surface area is 165 Å². The molecule has 1 amide bonds. The Hall–Kier alpha value is -2.45. The van der Waals surface area contributed by atoms with Crippen LogP contribution in [0.5, 0.6) is 5.75 Å². The van der Waals surface area contributed by atoms with Gasteiger partial charge >= 0.3 is 0 Å². The highest BCUT2D eigenvalue weighted by atomic mass is 32.2.